The maximum absolute atomic E-state index is 12.6. The van der Waals surface area contributed by atoms with Gasteiger partial charge in [0.1, 0.15) is 5.82 Å². The summed E-state index contributed by atoms with van der Waals surface area (Å²) < 4.78 is 5.05. The van der Waals surface area contributed by atoms with Crippen LogP contribution in [0, 0.1) is 0 Å². The number of nitrogens with one attached hydrogen (secondary N) is 2. The molecule has 0 aliphatic carbocycles. The van der Waals surface area contributed by atoms with E-state index in [1.807, 2.05) is 12.1 Å². The molecule has 1 aromatic carbocycles. The maximum atomic E-state index is 12.6. The molecule has 0 amide bonds. The number of aromatic amines is 1. The molecule has 0 atom stereocenters. The summed E-state index contributed by atoms with van der Waals surface area (Å²) in [4.78, 5) is 30.9. The lowest BCUT2D eigenvalue weighted by Gasteiger charge is -2.29. The van der Waals surface area contributed by atoms with Crippen LogP contribution in [0.2, 0.25) is 0 Å². The topological polar surface area (TPSA) is 96.0 Å². The van der Waals surface area contributed by atoms with Crippen molar-refractivity contribution in [1.82, 2.24) is 24.8 Å². The number of hydrogen-bond donors (Lipinski definition) is 2. The van der Waals surface area contributed by atoms with Crippen molar-refractivity contribution in [3.8, 4) is 17.3 Å². The summed E-state index contributed by atoms with van der Waals surface area (Å²) in [6, 6.07) is 12.5. The molecule has 0 spiro atoms. The van der Waals surface area contributed by atoms with E-state index in [0.717, 1.165) is 29.7 Å². The highest BCUT2D eigenvalue weighted by atomic mass is 16.5. The summed E-state index contributed by atoms with van der Waals surface area (Å²) in [5, 5.41) is 4.64. The van der Waals surface area contributed by atoms with E-state index in [0.29, 0.717) is 28.8 Å². The van der Waals surface area contributed by atoms with Gasteiger partial charge in [-0.25, -0.2) is 15.0 Å². The fourth-order valence-electron chi connectivity index (χ4n) is 4.32. The average molecular weight is 443 g/mol. The lowest BCUT2D eigenvalue weighted by atomic mass is 9.89. The zero-order chi connectivity index (χ0) is 22.8. The molecule has 8 nitrogen and oxygen atoms in total. The van der Waals surface area contributed by atoms with Crippen molar-refractivity contribution in [2.24, 2.45) is 0 Å². The number of likely N-dealkylation sites (tertiary alicyclic amines) is 1. The molecule has 33 heavy (non-hydrogen) atoms. The molecule has 0 radical (unpaired) electrons. The van der Waals surface area contributed by atoms with Crippen LogP contribution in [-0.4, -0.2) is 52.1 Å². The lowest BCUT2D eigenvalue weighted by Crippen LogP contribution is -2.29. The molecule has 0 saturated carbocycles. The van der Waals surface area contributed by atoms with Crippen LogP contribution in [-0.2, 0) is 0 Å². The van der Waals surface area contributed by atoms with Crippen molar-refractivity contribution in [3.05, 3.63) is 70.9 Å². The number of ether oxygens (including phenoxy) is 1. The van der Waals surface area contributed by atoms with Gasteiger partial charge >= 0.3 is 6.01 Å². The largest absolute Gasteiger partial charge is 0.467 e. The smallest absolute Gasteiger partial charge is 0.316 e. The van der Waals surface area contributed by atoms with Crippen molar-refractivity contribution in [2.45, 2.75) is 18.8 Å². The summed E-state index contributed by atoms with van der Waals surface area (Å²) in [7, 11) is 3.70. The van der Waals surface area contributed by atoms with Gasteiger partial charge in [0.2, 0.25) is 0 Å². The first-order chi connectivity index (χ1) is 16.1. The minimum atomic E-state index is -0.192. The molecule has 1 fully saturated rings. The van der Waals surface area contributed by atoms with Gasteiger partial charge in [0.25, 0.3) is 5.56 Å². The Hall–Kier alpha value is -3.78. The summed E-state index contributed by atoms with van der Waals surface area (Å²) in [6.07, 6.45) is 7.31. The van der Waals surface area contributed by atoms with E-state index in [1.165, 1.54) is 25.5 Å². The third-order valence-corrected chi connectivity index (χ3v) is 6.22. The van der Waals surface area contributed by atoms with Gasteiger partial charge in [-0.15, -0.1) is 0 Å². The average Bonchev–Trinajstić information content (AvgIpc) is 2.85. The van der Waals surface area contributed by atoms with Crippen LogP contribution in [0.3, 0.4) is 0 Å². The van der Waals surface area contributed by atoms with Crippen LogP contribution in [0.5, 0.6) is 6.01 Å². The van der Waals surface area contributed by atoms with Crippen molar-refractivity contribution in [3.63, 3.8) is 0 Å². The highest BCUT2D eigenvalue weighted by Gasteiger charge is 2.18. The Morgan fingerprint density at radius 1 is 1.09 bits per heavy atom. The number of hydrogen-bond acceptors (Lipinski definition) is 7. The number of benzene rings is 1. The molecule has 0 unspecified atom stereocenters. The lowest BCUT2D eigenvalue weighted by molar-refractivity contribution is 0.255. The Balaban J connectivity index is 1.48. The van der Waals surface area contributed by atoms with Crippen LogP contribution >= 0.6 is 0 Å². The first-order valence-electron chi connectivity index (χ1n) is 11.0. The Labute approximate surface area is 191 Å². The number of rotatable bonds is 5. The second kappa shape index (κ2) is 8.99. The predicted molar refractivity (Wildman–Crippen MR) is 129 cm³/mol. The summed E-state index contributed by atoms with van der Waals surface area (Å²) in [5.74, 6) is 1.09. The summed E-state index contributed by atoms with van der Waals surface area (Å²) in [6.45, 7) is 2.26. The minimum absolute atomic E-state index is 0.192. The molecule has 5 rings (SSSR count). The van der Waals surface area contributed by atoms with Gasteiger partial charge in [-0.1, -0.05) is 12.1 Å². The number of anilines is 2. The van der Waals surface area contributed by atoms with Gasteiger partial charge in [-0.3, -0.25) is 4.79 Å². The van der Waals surface area contributed by atoms with E-state index in [1.54, 1.807) is 18.6 Å². The molecule has 4 heterocycles. The molecule has 4 aromatic rings. The van der Waals surface area contributed by atoms with Crippen LogP contribution in [0.15, 0.2) is 59.8 Å². The number of nitrogens with zero attached hydrogens (tertiary/aromatic N) is 4. The Kier molecular flexibility index (Phi) is 5.75. The first kappa shape index (κ1) is 21.1. The zero-order valence-corrected chi connectivity index (χ0v) is 18.7. The number of pyridine rings is 2. The zero-order valence-electron chi connectivity index (χ0n) is 18.7. The van der Waals surface area contributed by atoms with E-state index < -0.39 is 0 Å². The van der Waals surface area contributed by atoms with E-state index >= 15 is 0 Å². The van der Waals surface area contributed by atoms with Crippen molar-refractivity contribution in [1.29, 1.82) is 0 Å². The molecule has 0 bridgehead atoms. The minimum Gasteiger partial charge on any atom is -0.467 e. The molecule has 1 aliphatic heterocycles. The second-order valence-electron chi connectivity index (χ2n) is 8.41. The standard InChI is InChI=1S/C25H26N6O2/c1-31-11-8-17(9-12-31)16-3-5-20(6-4-16)29-23-22-18(7-10-26-24(22)32)13-21(30-23)19-14-27-25(33-2)28-15-19/h3-7,10,13-15,17H,8-9,11-12H2,1-2H3,(H,26,32)(H,29,30). The molecule has 3 aromatic heterocycles. The normalized spacial score (nSPS) is 15.0. The third kappa shape index (κ3) is 4.42. The fourth-order valence-corrected chi connectivity index (χ4v) is 4.32. The van der Waals surface area contributed by atoms with E-state index in [-0.39, 0.29) is 5.56 Å². The third-order valence-electron chi connectivity index (χ3n) is 6.22. The number of methoxy groups -OCH3 is 1. The van der Waals surface area contributed by atoms with Gasteiger partial charge in [-0.2, -0.15) is 0 Å². The van der Waals surface area contributed by atoms with Crippen molar-refractivity contribution < 1.29 is 4.74 Å². The van der Waals surface area contributed by atoms with Gasteiger partial charge in [0.05, 0.1) is 18.2 Å². The first-order valence-corrected chi connectivity index (χ1v) is 11.0. The summed E-state index contributed by atoms with van der Waals surface area (Å²) >= 11 is 0. The van der Waals surface area contributed by atoms with Crippen molar-refractivity contribution >= 4 is 22.3 Å². The van der Waals surface area contributed by atoms with E-state index in [4.69, 9.17) is 9.72 Å². The molecular weight excluding hydrogens is 416 g/mol. The van der Waals surface area contributed by atoms with Crippen molar-refractivity contribution in [2.75, 3.05) is 32.6 Å². The molecule has 8 heteroatoms. The summed E-state index contributed by atoms with van der Waals surface area (Å²) in [5.41, 5.74) is 3.45. The SMILES string of the molecule is COc1ncc(-c2cc3cc[nH]c(=O)c3c(Nc3ccc(C4CCN(C)CC4)cc3)n2)cn1. The number of aromatic nitrogens is 4. The molecule has 168 valence electrons. The van der Waals surface area contributed by atoms with Crippen LogP contribution in [0.1, 0.15) is 24.3 Å². The van der Waals surface area contributed by atoms with Gasteiger partial charge in [0, 0.05) is 29.8 Å². The number of piperidine rings is 1. The maximum Gasteiger partial charge on any atom is 0.316 e. The van der Waals surface area contributed by atoms with Gasteiger partial charge < -0.3 is 19.9 Å². The van der Waals surface area contributed by atoms with Gasteiger partial charge in [0.15, 0.2) is 0 Å². The highest BCUT2D eigenvalue weighted by Crippen LogP contribution is 2.30. The van der Waals surface area contributed by atoms with Crippen LogP contribution < -0.4 is 15.6 Å². The monoisotopic (exact) mass is 442 g/mol. The molecular formula is C25H26N6O2. The fraction of sp³-hybridized carbons (Fsp3) is 0.280. The Morgan fingerprint density at radius 3 is 2.52 bits per heavy atom. The Morgan fingerprint density at radius 2 is 1.82 bits per heavy atom. The van der Waals surface area contributed by atoms with E-state index in [9.17, 15) is 4.79 Å². The molecule has 1 saturated heterocycles. The molecule has 2 N–H and O–H groups in total. The second-order valence-corrected chi connectivity index (χ2v) is 8.41. The quantitative estimate of drug-likeness (QED) is 0.483. The van der Waals surface area contributed by atoms with E-state index in [2.05, 4.69) is 56.5 Å². The Bertz CT molecular complexity index is 1310. The predicted octanol–water partition coefficient (Wildman–Crippen LogP) is 3.94. The molecule has 1 aliphatic rings. The van der Waals surface area contributed by atoms with Crippen LogP contribution in [0.25, 0.3) is 22.0 Å². The number of fused-ring (bicyclic) bond motifs is 1. The van der Waals surface area contributed by atoms with Crippen LogP contribution in [0.4, 0.5) is 11.5 Å². The van der Waals surface area contributed by atoms with Gasteiger partial charge in [-0.05, 0) is 74.1 Å². The highest BCUT2D eigenvalue weighted by molar-refractivity contribution is 5.95. The number of H-pyrrole nitrogens is 1.